The molecule has 1 aromatic heterocycles. The molecule has 0 saturated carbocycles. The van der Waals surface area contributed by atoms with E-state index in [9.17, 15) is 4.79 Å². The van der Waals surface area contributed by atoms with E-state index in [1.807, 2.05) is 0 Å². The number of hydrogen-bond acceptors (Lipinski definition) is 5. The van der Waals surface area contributed by atoms with Gasteiger partial charge < -0.3 is 14.6 Å². The van der Waals surface area contributed by atoms with Crippen LogP contribution >= 0.6 is 11.6 Å². The summed E-state index contributed by atoms with van der Waals surface area (Å²) in [6.45, 7) is 0. The van der Waals surface area contributed by atoms with Crippen molar-refractivity contribution in [1.82, 2.24) is 9.97 Å². The quantitative estimate of drug-likeness (QED) is 0.927. The van der Waals surface area contributed by atoms with Gasteiger partial charge in [0.15, 0.2) is 5.15 Å². The molecule has 19 heavy (non-hydrogen) atoms. The van der Waals surface area contributed by atoms with Gasteiger partial charge in [0.05, 0.1) is 19.5 Å². The second kappa shape index (κ2) is 5.53. The highest BCUT2D eigenvalue weighted by Gasteiger charge is 2.14. The van der Waals surface area contributed by atoms with Gasteiger partial charge in [-0.1, -0.05) is 11.6 Å². The van der Waals surface area contributed by atoms with Crippen LogP contribution in [0.2, 0.25) is 5.15 Å². The number of nitrogens with zero attached hydrogens (tertiary/aromatic N) is 2. The van der Waals surface area contributed by atoms with Gasteiger partial charge in [-0.15, -0.1) is 0 Å². The van der Waals surface area contributed by atoms with Crippen LogP contribution in [0.1, 0.15) is 10.4 Å². The molecule has 7 heteroatoms. The highest BCUT2D eigenvalue weighted by molar-refractivity contribution is 6.29. The lowest BCUT2D eigenvalue weighted by Crippen LogP contribution is -2.01. The molecule has 0 amide bonds. The predicted molar refractivity (Wildman–Crippen MR) is 67.1 cm³/mol. The molecule has 6 nitrogen and oxygen atoms in total. The molecule has 0 fully saturated rings. The third kappa shape index (κ3) is 3.11. The van der Waals surface area contributed by atoms with E-state index in [0.717, 1.165) is 0 Å². The summed E-state index contributed by atoms with van der Waals surface area (Å²) < 4.78 is 10.4. The molecular weight excluding hydrogens is 272 g/mol. The van der Waals surface area contributed by atoms with E-state index < -0.39 is 5.97 Å². The van der Waals surface area contributed by atoms with Crippen molar-refractivity contribution in [2.45, 2.75) is 0 Å². The van der Waals surface area contributed by atoms with Gasteiger partial charge in [-0.25, -0.2) is 4.79 Å². The maximum Gasteiger partial charge on any atom is 0.339 e. The molecule has 1 aromatic carbocycles. The largest absolute Gasteiger partial charge is 0.497 e. The van der Waals surface area contributed by atoms with Crippen LogP contribution in [0.25, 0.3) is 0 Å². The summed E-state index contributed by atoms with van der Waals surface area (Å²) >= 11 is 5.68. The Balaban J connectivity index is 2.39. The average Bonchev–Trinajstić information content (AvgIpc) is 2.38. The van der Waals surface area contributed by atoms with Crippen LogP contribution in [0, 0.1) is 0 Å². The van der Waals surface area contributed by atoms with E-state index in [2.05, 4.69) is 9.97 Å². The van der Waals surface area contributed by atoms with E-state index in [-0.39, 0.29) is 22.3 Å². The molecule has 1 heterocycles. The zero-order valence-corrected chi connectivity index (χ0v) is 10.6. The molecule has 0 atom stereocenters. The SMILES string of the molecule is COc1ccc(C(=O)O)c(Oc2cncc(Cl)n2)c1. The van der Waals surface area contributed by atoms with E-state index in [0.29, 0.717) is 5.75 Å². The Morgan fingerprint density at radius 2 is 2.16 bits per heavy atom. The number of benzene rings is 1. The van der Waals surface area contributed by atoms with Crippen molar-refractivity contribution in [2.75, 3.05) is 7.11 Å². The number of aromatic nitrogens is 2. The van der Waals surface area contributed by atoms with Crippen LogP contribution in [0.4, 0.5) is 0 Å². The average molecular weight is 281 g/mol. The van der Waals surface area contributed by atoms with Gasteiger partial charge in [0, 0.05) is 6.07 Å². The van der Waals surface area contributed by atoms with Crippen LogP contribution in [0.5, 0.6) is 17.4 Å². The van der Waals surface area contributed by atoms with Crippen LogP contribution in [0.3, 0.4) is 0 Å². The number of rotatable bonds is 4. The van der Waals surface area contributed by atoms with Crippen molar-refractivity contribution in [2.24, 2.45) is 0 Å². The van der Waals surface area contributed by atoms with Gasteiger partial charge in [0.25, 0.3) is 0 Å². The van der Waals surface area contributed by atoms with Crippen LogP contribution in [0.15, 0.2) is 30.6 Å². The van der Waals surface area contributed by atoms with Gasteiger partial charge in [-0.05, 0) is 12.1 Å². The Bertz CT molecular complexity index is 618. The Morgan fingerprint density at radius 3 is 2.79 bits per heavy atom. The molecule has 0 aliphatic heterocycles. The third-order valence-electron chi connectivity index (χ3n) is 2.22. The first-order chi connectivity index (χ1) is 9.10. The third-order valence-corrected chi connectivity index (χ3v) is 2.40. The highest BCUT2D eigenvalue weighted by atomic mass is 35.5. The zero-order valence-electron chi connectivity index (χ0n) is 9.83. The number of hydrogen-bond donors (Lipinski definition) is 1. The second-order valence-electron chi connectivity index (χ2n) is 3.45. The monoisotopic (exact) mass is 280 g/mol. The maximum atomic E-state index is 11.1. The van der Waals surface area contributed by atoms with Crippen molar-refractivity contribution < 1.29 is 19.4 Å². The molecule has 0 saturated heterocycles. The molecule has 98 valence electrons. The van der Waals surface area contributed by atoms with Gasteiger partial charge in [0.1, 0.15) is 17.1 Å². The van der Waals surface area contributed by atoms with Crippen molar-refractivity contribution >= 4 is 17.6 Å². The fourth-order valence-electron chi connectivity index (χ4n) is 1.38. The molecular formula is C12H9ClN2O4. The predicted octanol–water partition coefficient (Wildman–Crippen LogP) is 2.63. The maximum absolute atomic E-state index is 11.1. The summed E-state index contributed by atoms with van der Waals surface area (Å²) in [6.07, 6.45) is 2.68. The Kier molecular flexibility index (Phi) is 3.82. The summed E-state index contributed by atoms with van der Waals surface area (Å²) in [7, 11) is 1.47. The molecule has 0 unspecified atom stereocenters. The summed E-state index contributed by atoms with van der Waals surface area (Å²) in [5.41, 5.74) is -0.0115. The lowest BCUT2D eigenvalue weighted by atomic mass is 10.2. The van der Waals surface area contributed by atoms with E-state index in [1.54, 1.807) is 0 Å². The van der Waals surface area contributed by atoms with Gasteiger partial charge >= 0.3 is 5.97 Å². The fourth-order valence-corrected chi connectivity index (χ4v) is 1.52. The number of aromatic carboxylic acids is 1. The minimum absolute atomic E-state index is 0.0115. The number of ether oxygens (including phenoxy) is 2. The number of carboxylic acid groups (broad SMARTS) is 1. The second-order valence-corrected chi connectivity index (χ2v) is 3.84. The lowest BCUT2D eigenvalue weighted by molar-refractivity contribution is 0.0694. The first kappa shape index (κ1) is 13.1. The topological polar surface area (TPSA) is 81.5 Å². The highest BCUT2D eigenvalue weighted by Crippen LogP contribution is 2.28. The van der Waals surface area contributed by atoms with E-state index >= 15 is 0 Å². The Hall–Kier alpha value is -2.34. The van der Waals surface area contributed by atoms with Gasteiger partial charge in [-0.3, -0.25) is 4.98 Å². The lowest BCUT2D eigenvalue weighted by Gasteiger charge is -2.09. The summed E-state index contributed by atoms with van der Waals surface area (Å²) in [4.78, 5) is 18.8. The minimum Gasteiger partial charge on any atom is -0.497 e. The fraction of sp³-hybridized carbons (Fsp3) is 0.0833. The first-order valence-electron chi connectivity index (χ1n) is 5.17. The molecule has 2 rings (SSSR count). The Morgan fingerprint density at radius 1 is 1.37 bits per heavy atom. The molecule has 1 N–H and O–H groups in total. The summed E-state index contributed by atoms with van der Waals surface area (Å²) in [5.74, 6) is -0.450. The van der Waals surface area contributed by atoms with E-state index in [1.165, 1.54) is 37.7 Å². The minimum atomic E-state index is -1.12. The first-order valence-corrected chi connectivity index (χ1v) is 5.54. The molecule has 0 aliphatic rings. The normalized spacial score (nSPS) is 10.0. The van der Waals surface area contributed by atoms with Crippen molar-refractivity contribution in [3.8, 4) is 17.4 Å². The van der Waals surface area contributed by atoms with Crippen LogP contribution in [-0.4, -0.2) is 28.2 Å². The van der Waals surface area contributed by atoms with Crippen molar-refractivity contribution in [3.05, 3.63) is 41.3 Å². The number of methoxy groups -OCH3 is 1. The number of halogens is 1. The standard InChI is InChI=1S/C12H9ClN2O4/c1-18-7-2-3-8(12(16)17)9(4-7)19-11-6-14-5-10(13)15-11/h2-6H,1H3,(H,16,17). The van der Waals surface area contributed by atoms with Gasteiger partial charge in [0.2, 0.25) is 5.88 Å². The molecule has 0 bridgehead atoms. The smallest absolute Gasteiger partial charge is 0.339 e. The molecule has 0 spiro atoms. The van der Waals surface area contributed by atoms with Gasteiger partial charge in [-0.2, -0.15) is 4.98 Å². The zero-order chi connectivity index (χ0) is 13.8. The van der Waals surface area contributed by atoms with Crippen molar-refractivity contribution in [3.63, 3.8) is 0 Å². The van der Waals surface area contributed by atoms with Crippen LogP contribution in [-0.2, 0) is 0 Å². The molecule has 0 aliphatic carbocycles. The summed E-state index contributed by atoms with van der Waals surface area (Å²) in [5, 5.41) is 9.23. The summed E-state index contributed by atoms with van der Waals surface area (Å²) in [6, 6.07) is 4.36. The molecule has 0 radical (unpaired) electrons. The number of carboxylic acids is 1. The number of carbonyl (C=O) groups is 1. The van der Waals surface area contributed by atoms with Crippen molar-refractivity contribution in [1.29, 1.82) is 0 Å². The molecule has 2 aromatic rings. The Labute approximate surface area is 113 Å². The van der Waals surface area contributed by atoms with E-state index in [4.69, 9.17) is 26.2 Å². The van der Waals surface area contributed by atoms with Crippen LogP contribution < -0.4 is 9.47 Å².